The molecule has 0 spiro atoms. The number of aromatic nitrogens is 2. The van der Waals surface area contributed by atoms with E-state index in [9.17, 15) is 0 Å². The van der Waals surface area contributed by atoms with Crippen LogP contribution in [0.25, 0.3) is 0 Å². The second-order valence-corrected chi connectivity index (χ2v) is 4.78. The van der Waals surface area contributed by atoms with Gasteiger partial charge in [0.2, 0.25) is 0 Å². The lowest BCUT2D eigenvalue weighted by atomic mass is 9.99. The van der Waals surface area contributed by atoms with E-state index >= 15 is 0 Å². The molecule has 1 aliphatic carbocycles. The molecule has 1 aromatic heterocycles. The third-order valence-corrected chi connectivity index (χ3v) is 3.76. The molecule has 15 heavy (non-hydrogen) atoms. The third kappa shape index (κ3) is 2.23. The highest BCUT2D eigenvalue weighted by atomic mass is 15.1. The number of hydrogen-bond donors (Lipinski definition) is 1. The van der Waals surface area contributed by atoms with Crippen molar-refractivity contribution in [2.24, 2.45) is 11.7 Å². The lowest BCUT2D eigenvalue weighted by Gasteiger charge is -2.19. The molecule has 0 radical (unpaired) electrons. The maximum Gasteiger partial charge on any atom is 0.0951 e. The highest BCUT2D eigenvalue weighted by Gasteiger charge is 2.22. The number of nitrogens with two attached hydrogens (primary N) is 1. The number of rotatable bonds is 3. The number of hydrogen-bond acceptors (Lipinski definition) is 2. The summed E-state index contributed by atoms with van der Waals surface area (Å²) in [5.74, 6) is 0.729. The summed E-state index contributed by atoms with van der Waals surface area (Å²) >= 11 is 0. The van der Waals surface area contributed by atoms with Gasteiger partial charge < -0.3 is 10.3 Å². The van der Waals surface area contributed by atoms with Crippen LogP contribution in [0.5, 0.6) is 0 Å². The minimum Gasteiger partial charge on any atom is -0.333 e. The first kappa shape index (κ1) is 10.7. The molecule has 1 atom stereocenters. The Morgan fingerprint density at radius 2 is 2.13 bits per heavy atom. The van der Waals surface area contributed by atoms with Crippen molar-refractivity contribution in [1.82, 2.24) is 9.55 Å². The van der Waals surface area contributed by atoms with Crippen LogP contribution in [-0.4, -0.2) is 15.6 Å². The summed E-state index contributed by atoms with van der Waals surface area (Å²) in [5, 5.41) is 0. The van der Waals surface area contributed by atoms with Gasteiger partial charge in [-0.2, -0.15) is 0 Å². The number of imidazole rings is 1. The predicted molar refractivity (Wildman–Crippen MR) is 61.6 cm³/mol. The standard InChI is InChI=1S/C12H21N3/c1-9-10(2)15(8-14-9)7-12(13)11-5-3-4-6-11/h8,11-12H,3-7,13H2,1-2H3. The van der Waals surface area contributed by atoms with Crippen LogP contribution in [0.4, 0.5) is 0 Å². The molecular formula is C12H21N3. The largest absolute Gasteiger partial charge is 0.333 e. The zero-order valence-corrected chi connectivity index (χ0v) is 9.74. The molecule has 0 amide bonds. The van der Waals surface area contributed by atoms with Crippen molar-refractivity contribution in [3.8, 4) is 0 Å². The molecule has 1 saturated carbocycles. The maximum absolute atomic E-state index is 6.24. The van der Waals surface area contributed by atoms with E-state index in [-0.39, 0.29) is 0 Å². The van der Waals surface area contributed by atoms with Gasteiger partial charge in [0, 0.05) is 18.3 Å². The fraction of sp³-hybridized carbons (Fsp3) is 0.750. The summed E-state index contributed by atoms with van der Waals surface area (Å²) in [6.07, 6.45) is 7.27. The SMILES string of the molecule is Cc1ncn(CC(N)C2CCCC2)c1C. The second kappa shape index (κ2) is 4.35. The molecule has 2 rings (SSSR count). The molecule has 1 aromatic rings. The average Bonchev–Trinajstić information content (AvgIpc) is 2.83. The van der Waals surface area contributed by atoms with Crippen molar-refractivity contribution in [2.75, 3.05) is 0 Å². The van der Waals surface area contributed by atoms with Crippen molar-refractivity contribution in [1.29, 1.82) is 0 Å². The predicted octanol–water partition coefficient (Wildman–Crippen LogP) is 2.02. The van der Waals surface area contributed by atoms with Crippen molar-refractivity contribution in [2.45, 2.75) is 52.1 Å². The molecule has 1 heterocycles. The molecule has 0 saturated heterocycles. The Kier molecular flexibility index (Phi) is 3.10. The van der Waals surface area contributed by atoms with Gasteiger partial charge in [-0.25, -0.2) is 4.98 Å². The Morgan fingerprint density at radius 1 is 1.47 bits per heavy atom. The summed E-state index contributed by atoms with van der Waals surface area (Å²) in [7, 11) is 0. The fourth-order valence-corrected chi connectivity index (χ4v) is 2.49. The lowest BCUT2D eigenvalue weighted by Crippen LogP contribution is -2.33. The van der Waals surface area contributed by atoms with Crippen LogP contribution in [-0.2, 0) is 6.54 Å². The fourth-order valence-electron chi connectivity index (χ4n) is 2.49. The Hall–Kier alpha value is -0.830. The Bertz CT molecular complexity index is 324. The molecule has 3 heteroatoms. The monoisotopic (exact) mass is 207 g/mol. The zero-order valence-electron chi connectivity index (χ0n) is 9.74. The Balaban J connectivity index is 1.98. The topological polar surface area (TPSA) is 43.8 Å². The van der Waals surface area contributed by atoms with E-state index in [4.69, 9.17) is 5.73 Å². The number of aryl methyl sites for hydroxylation is 1. The van der Waals surface area contributed by atoms with E-state index in [1.165, 1.54) is 31.4 Å². The van der Waals surface area contributed by atoms with Crippen molar-refractivity contribution < 1.29 is 0 Å². The van der Waals surface area contributed by atoms with Crippen LogP contribution in [0.1, 0.15) is 37.1 Å². The van der Waals surface area contributed by atoms with Gasteiger partial charge in [-0.3, -0.25) is 0 Å². The van der Waals surface area contributed by atoms with E-state index in [1.54, 1.807) is 0 Å². The van der Waals surface area contributed by atoms with Gasteiger partial charge in [-0.1, -0.05) is 12.8 Å². The smallest absolute Gasteiger partial charge is 0.0951 e. The van der Waals surface area contributed by atoms with Crippen LogP contribution >= 0.6 is 0 Å². The van der Waals surface area contributed by atoms with E-state index in [0.717, 1.165) is 18.2 Å². The van der Waals surface area contributed by atoms with E-state index in [2.05, 4.69) is 16.5 Å². The highest BCUT2D eigenvalue weighted by Crippen LogP contribution is 2.27. The Morgan fingerprint density at radius 3 is 2.67 bits per heavy atom. The summed E-state index contributed by atoms with van der Waals surface area (Å²) < 4.78 is 2.19. The first-order chi connectivity index (χ1) is 7.18. The van der Waals surface area contributed by atoms with E-state index in [1.807, 2.05) is 13.3 Å². The molecule has 0 aromatic carbocycles. The van der Waals surface area contributed by atoms with Crippen molar-refractivity contribution >= 4 is 0 Å². The van der Waals surface area contributed by atoms with Gasteiger partial charge in [0.1, 0.15) is 0 Å². The number of nitrogens with zero attached hydrogens (tertiary/aromatic N) is 2. The minimum absolute atomic E-state index is 0.305. The molecule has 0 aliphatic heterocycles. The minimum atomic E-state index is 0.305. The van der Waals surface area contributed by atoms with Gasteiger partial charge in [-0.05, 0) is 32.6 Å². The molecule has 2 N–H and O–H groups in total. The Labute approximate surface area is 91.7 Å². The molecule has 84 valence electrons. The van der Waals surface area contributed by atoms with Crippen LogP contribution in [0, 0.1) is 19.8 Å². The molecule has 3 nitrogen and oxygen atoms in total. The second-order valence-electron chi connectivity index (χ2n) is 4.78. The highest BCUT2D eigenvalue weighted by molar-refractivity contribution is 5.08. The first-order valence-electron chi connectivity index (χ1n) is 5.92. The summed E-state index contributed by atoms with van der Waals surface area (Å²) in [6, 6.07) is 0.305. The average molecular weight is 207 g/mol. The van der Waals surface area contributed by atoms with E-state index in [0.29, 0.717) is 6.04 Å². The third-order valence-electron chi connectivity index (χ3n) is 3.76. The summed E-state index contributed by atoms with van der Waals surface area (Å²) in [4.78, 5) is 4.30. The summed E-state index contributed by atoms with van der Waals surface area (Å²) in [6.45, 7) is 5.09. The van der Waals surface area contributed by atoms with Crippen molar-refractivity contribution in [3.63, 3.8) is 0 Å². The molecule has 0 bridgehead atoms. The van der Waals surface area contributed by atoms with Gasteiger partial charge in [0.25, 0.3) is 0 Å². The van der Waals surface area contributed by atoms with Gasteiger partial charge >= 0.3 is 0 Å². The van der Waals surface area contributed by atoms with Crippen LogP contribution in [0.15, 0.2) is 6.33 Å². The summed E-state index contributed by atoms with van der Waals surface area (Å²) in [5.41, 5.74) is 8.61. The molecule has 1 aliphatic rings. The maximum atomic E-state index is 6.24. The zero-order chi connectivity index (χ0) is 10.8. The van der Waals surface area contributed by atoms with E-state index < -0.39 is 0 Å². The molecule has 1 unspecified atom stereocenters. The molecule has 1 fully saturated rings. The quantitative estimate of drug-likeness (QED) is 0.824. The lowest BCUT2D eigenvalue weighted by molar-refractivity contribution is 0.385. The van der Waals surface area contributed by atoms with Crippen LogP contribution < -0.4 is 5.73 Å². The van der Waals surface area contributed by atoms with Crippen LogP contribution in [0.2, 0.25) is 0 Å². The first-order valence-corrected chi connectivity index (χ1v) is 5.92. The molecular weight excluding hydrogens is 186 g/mol. The van der Waals surface area contributed by atoms with Crippen LogP contribution in [0.3, 0.4) is 0 Å². The van der Waals surface area contributed by atoms with Crippen molar-refractivity contribution in [3.05, 3.63) is 17.7 Å². The van der Waals surface area contributed by atoms with Gasteiger partial charge in [0.15, 0.2) is 0 Å². The van der Waals surface area contributed by atoms with Gasteiger partial charge in [0.05, 0.1) is 12.0 Å². The van der Waals surface area contributed by atoms with Gasteiger partial charge in [-0.15, -0.1) is 0 Å². The normalized spacial score (nSPS) is 19.7.